The summed E-state index contributed by atoms with van der Waals surface area (Å²) in [6.07, 6.45) is 7.65. The van der Waals surface area contributed by atoms with Crippen molar-refractivity contribution in [3.8, 4) is 23.3 Å². The van der Waals surface area contributed by atoms with Gasteiger partial charge in [-0.1, -0.05) is 51.4 Å². The minimum atomic E-state index is -1.23. The van der Waals surface area contributed by atoms with Crippen molar-refractivity contribution >= 4 is 8.07 Å². The Balaban J connectivity index is 3.82. The Labute approximate surface area is 89.8 Å². The molecule has 0 aliphatic heterocycles. The van der Waals surface area contributed by atoms with Crippen LogP contribution >= 0.6 is 0 Å². The van der Waals surface area contributed by atoms with E-state index in [4.69, 9.17) is 0 Å². The van der Waals surface area contributed by atoms with Gasteiger partial charge >= 0.3 is 0 Å². The smallest absolute Gasteiger partial charge is 0.118 e. The quantitative estimate of drug-likeness (QED) is 0.374. The van der Waals surface area contributed by atoms with Crippen LogP contribution in [0.5, 0.6) is 0 Å². The molecule has 0 saturated carbocycles. The van der Waals surface area contributed by atoms with E-state index in [2.05, 4.69) is 55.9 Å². The molecule has 0 bridgehead atoms. The van der Waals surface area contributed by atoms with Crippen LogP contribution in [0.2, 0.25) is 19.6 Å². The van der Waals surface area contributed by atoms with E-state index in [1.54, 1.807) is 0 Å². The van der Waals surface area contributed by atoms with Gasteiger partial charge in [-0.05, 0) is 24.3 Å². The van der Waals surface area contributed by atoms with Gasteiger partial charge in [-0.2, -0.15) is 0 Å². The second-order valence-electron chi connectivity index (χ2n) is 4.31. The first-order chi connectivity index (χ1) is 6.56. The van der Waals surface area contributed by atoms with Crippen molar-refractivity contribution in [1.29, 1.82) is 0 Å². The Hall–Kier alpha value is -0.923. The zero-order valence-corrected chi connectivity index (χ0v) is 10.8. The summed E-state index contributed by atoms with van der Waals surface area (Å²) in [5.41, 5.74) is 3.21. The van der Waals surface area contributed by atoms with Crippen molar-refractivity contribution in [1.82, 2.24) is 0 Å². The van der Waals surface area contributed by atoms with E-state index in [-0.39, 0.29) is 0 Å². The molecule has 0 atom stereocenters. The highest BCUT2D eigenvalue weighted by molar-refractivity contribution is 6.83. The summed E-state index contributed by atoms with van der Waals surface area (Å²) >= 11 is 0. The molecule has 0 heterocycles. The highest BCUT2D eigenvalue weighted by atomic mass is 28.3. The molecule has 0 radical (unpaired) electrons. The topological polar surface area (TPSA) is 0 Å². The molecular weight excluding hydrogens is 184 g/mol. The summed E-state index contributed by atoms with van der Waals surface area (Å²) in [6, 6.07) is 0. The van der Waals surface area contributed by atoms with Crippen LogP contribution in [0.3, 0.4) is 0 Å². The molecule has 0 unspecified atom stereocenters. The Kier molecular flexibility index (Phi) is 6.98. The predicted molar refractivity (Wildman–Crippen MR) is 67.6 cm³/mol. The monoisotopic (exact) mass is 204 g/mol. The van der Waals surface area contributed by atoms with E-state index in [0.717, 1.165) is 6.42 Å². The first-order valence-electron chi connectivity index (χ1n) is 5.24. The number of allylic oxidation sites excluding steroid dienone is 2. The van der Waals surface area contributed by atoms with Gasteiger partial charge in [-0.15, -0.1) is 5.54 Å². The molecule has 0 aromatic heterocycles. The third-order valence-electron chi connectivity index (χ3n) is 1.50. The lowest BCUT2D eigenvalue weighted by molar-refractivity contribution is 0.815. The van der Waals surface area contributed by atoms with Crippen LogP contribution in [0.1, 0.15) is 26.2 Å². The average Bonchev–Trinajstić information content (AvgIpc) is 2.08. The normalized spacial score (nSPS) is 10.3. The molecule has 1 heteroatoms. The van der Waals surface area contributed by atoms with Crippen LogP contribution in [0, 0.1) is 23.3 Å². The van der Waals surface area contributed by atoms with Gasteiger partial charge in [0, 0.05) is 0 Å². The summed E-state index contributed by atoms with van der Waals surface area (Å²) in [6.45, 7) is 8.86. The van der Waals surface area contributed by atoms with Gasteiger partial charge in [0.1, 0.15) is 8.07 Å². The van der Waals surface area contributed by atoms with E-state index in [9.17, 15) is 0 Å². The lowest BCUT2D eigenvalue weighted by Crippen LogP contribution is -2.16. The van der Waals surface area contributed by atoms with Crippen molar-refractivity contribution < 1.29 is 0 Å². The number of unbranched alkanes of at least 4 members (excludes halogenated alkanes) is 2. The second kappa shape index (κ2) is 7.48. The Morgan fingerprint density at radius 2 is 1.86 bits per heavy atom. The molecule has 0 spiro atoms. The van der Waals surface area contributed by atoms with Crippen molar-refractivity contribution in [2.45, 2.75) is 45.8 Å². The molecule has 0 aliphatic rings. The Morgan fingerprint density at radius 3 is 2.43 bits per heavy atom. The summed E-state index contributed by atoms with van der Waals surface area (Å²) in [5, 5.41) is 0. The molecule has 0 aromatic rings. The van der Waals surface area contributed by atoms with Crippen LogP contribution in [0.15, 0.2) is 12.2 Å². The van der Waals surface area contributed by atoms with E-state index >= 15 is 0 Å². The summed E-state index contributed by atoms with van der Waals surface area (Å²) < 4.78 is 0. The van der Waals surface area contributed by atoms with Gasteiger partial charge in [0.2, 0.25) is 0 Å². The van der Waals surface area contributed by atoms with E-state index in [1.165, 1.54) is 12.8 Å². The van der Waals surface area contributed by atoms with Crippen molar-refractivity contribution in [2.75, 3.05) is 0 Å². The lowest BCUT2D eigenvalue weighted by Gasteiger charge is -2.01. The standard InChI is InChI=1S/C13H20Si/c1-5-6-7-8-9-10-11-12-13-14(2,3)4/h8-9H,5-7H2,1-4H3/b9-8+. The fourth-order valence-corrected chi connectivity index (χ4v) is 1.20. The Bertz CT molecular complexity index is 283. The van der Waals surface area contributed by atoms with Crippen LogP contribution < -0.4 is 0 Å². The molecule has 76 valence electrons. The zero-order valence-electron chi connectivity index (χ0n) is 9.78. The minimum absolute atomic E-state index is 1.13. The highest BCUT2D eigenvalue weighted by Crippen LogP contribution is 1.95. The van der Waals surface area contributed by atoms with Gasteiger partial charge in [0.25, 0.3) is 0 Å². The number of hydrogen-bond acceptors (Lipinski definition) is 0. The molecule has 0 nitrogen and oxygen atoms in total. The number of rotatable bonds is 3. The molecule has 0 aromatic carbocycles. The molecule has 0 saturated heterocycles. The van der Waals surface area contributed by atoms with Crippen molar-refractivity contribution in [3.05, 3.63) is 12.2 Å². The van der Waals surface area contributed by atoms with Gasteiger partial charge in [-0.3, -0.25) is 0 Å². The fourth-order valence-electron chi connectivity index (χ4n) is 0.761. The van der Waals surface area contributed by atoms with E-state index in [0.29, 0.717) is 0 Å². The lowest BCUT2D eigenvalue weighted by atomic mass is 10.2. The van der Waals surface area contributed by atoms with E-state index in [1.807, 2.05) is 6.08 Å². The largest absolute Gasteiger partial charge is 0.130 e. The molecule has 0 rings (SSSR count). The zero-order chi connectivity index (χ0) is 10.9. The minimum Gasteiger partial charge on any atom is -0.118 e. The first kappa shape index (κ1) is 13.1. The number of hydrogen-bond donors (Lipinski definition) is 0. The SMILES string of the molecule is CCCC/C=C/C#CC#C[Si](C)(C)C. The summed E-state index contributed by atoms with van der Waals surface area (Å²) in [7, 11) is -1.23. The maximum Gasteiger partial charge on any atom is 0.130 e. The summed E-state index contributed by atoms with van der Waals surface area (Å²) in [5.74, 6) is 8.71. The third kappa shape index (κ3) is 11.1. The molecule has 0 amide bonds. The van der Waals surface area contributed by atoms with Gasteiger partial charge in [0.05, 0.1) is 0 Å². The van der Waals surface area contributed by atoms with Gasteiger partial charge in [-0.25, -0.2) is 0 Å². The molecule has 14 heavy (non-hydrogen) atoms. The fraction of sp³-hybridized carbons (Fsp3) is 0.538. The highest BCUT2D eigenvalue weighted by Gasteiger charge is 2.06. The van der Waals surface area contributed by atoms with Gasteiger partial charge in [0.15, 0.2) is 0 Å². The first-order valence-corrected chi connectivity index (χ1v) is 8.74. The van der Waals surface area contributed by atoms with Crippen LogP contribution in [-0.2, 0) is 0 Å². The van der Waals surface area contributed by atoms with E-state index < -0.39 is 8.07 Å². The Morgan fingerprint density at radius 1 is 1.14 bits per heavy atom. The van der Waals surface area contributed by atoms with Crippen LogP contribution in [0.25, 0.3) is 0 Å². The van der Waals surface area contributed by atoms with Crippen molar-refractivity contribution in [2.24, 2.45) is 0 Å². The predicted octanol–water partition coefficient (Wildman–Crippen LogP) is 3.62. The second-order valence-corrected chi connectivity index (χ2v) is 9.06. The molecule has 0 fully saturated rings. The maximum atomic E-state index is 3.21. The maximum absolute atomic E-state index is 3.21. The van der Waals surface area contributed by atoms with Crippen molar-refractivity contribution in [3.63, 3.8) is 0 Å². The summed E-state index contributed by atoms with van der Waals surface area (Å²) in [4.78, 5) is 0. The molecule has 0 N–H and O–H groups in total. The van der Waals surface area contributed by atoms with Crippen LogP contribution in [-0.4, -0.2) is 8.07 Å². The third-order valence-corrected chi connectivity index (χ3v) is 2.37. The molecule has 0 aliphatic carbocycles. The van der Waals surface area contributed by atoms with Gasteiger partial charge < -0.3 is 0 Å². The molecular formula is C13H20Si. The average molecular weight is 204 g/mol. The van der Waals surface area contributed by atoms with Crippen LogP contribution in [0.4, 0.5) is 0 Å².